The van der Waals surface area contributed by atoms with Crippen molar-refractivity contribution in [2.45, 2.75) is 38.5 Å². The van der Waals surface area contributed by atoms with Crippen LogP contribution in [0.5, 0.6) is 0 Å². The average molecular weight is 260 g/mol. The van der Waals surface area contributed by atoms with Crippen LogP contribution in [0.25, 0.3) is 10.8 Å². The summed E-state index contributed by atoms with van der Waals surface area (Å²) < 4.78 is 0. The van der Waals surface area contributed by atoms with Gasteiger partial charge in [0.2, 0.25) is 0 Å². The molecular formula is C20H20. The van der Waals surface area contributed by atoms with Crippen LogP contribution >= 0.6 is 0 Å². The van der Waals surface area contributed by atoms with Gasteiger partial charge in [-0.15, -0.1) is 0 Å². The molecule has 0 amide bonds. The Kier molecular flexibility index (Phi) is 2.77. The molecule has 20 heavy (non-hydrogen) atoms. The third-order valence-electron chi connectivity index (χ3n) is 4.85. The molecular weight excluding hydrogens is 240 g/mol. The van der Waals surface area contributed by atoms with Gasteiger partial charge >= 0.3 is 0 Å². The van der Waals surface area contributed by atoms with Crippen LogP contribution in [0.2, 0.25) is 0 Å². The average Bonchev–Trinajstić information content (AvgIpc) is 2.87. The lowest BCUT2D eigenvalue weighted by Gasteiger charge is -2.26. The van der Waals surface area contributed by atoms with Crippen LogP contribution in [0.1, 0.15) is 44.1 Å². The first kappa shape index (κ1) is 12.0. The number of allylic oxidation sites excluding steroid dienone is 4. The Bertz CT molecular complexity index is 725. The molecule has 2 aliphatic rings. The first-order valence-electron chi connectivity index (χ1n) is 7.69. The van der Waals surface area contributed by atoms with Gasteiger partial charge in [0.25, 0.3) is 0 Å². The van der Waals surface area contributed by atoms with Gasteiger partial charge in [0, 0.05) is 5.92 Å². The van der Waals surface area contributed by atoms with Gasteiger partial charge in [-0.2, -0.15) is 0 Å². The molecule has 0 fully saturated rings. The van der Waals surface area contributed by atoms with Crippen LogP contribution in [0, 0.1) is 0 Å². The van der Waals surface area contributed by atoms with Crippen LogP contribution in [0.3, 0.4) is 0 Å². The van der Waals surface area contributed by atoms with Crippen molar-refractivity contribution in [2.24, 2.45) is 0 Å². The lowest BCUT2D eigenvalue weighted by molar-refractivity contribution is 0.614. The maximum atomic E-state index is 2.46. The molecule has 2 aromatic rings. The molecule has 0 heterocycles. The monoisotopic (exact) mass is 260 g/mol. The first-order valence-corrected chi connectivity index (χ1v) is 7.69. The van der Waals surface area contributed by atoms with Gasteiger partial charge < -0.3 is 0 Å². The molecule has 0 heteroatoms. The molecule has 0 spiro atoms. The second-order valence-electron chi connectivity index (χ2n) is 6.24. The molecule has 100 valence electrons. The molecule has 0 aromatic heterocycles. The van der Waals surface area contributed by atoms with E-state index in [-0.39, 0.29) is 0 Å². The normalized spacial score (nSPS) is 22.1. The van der Waals surface area contributed by atoms with E-state index in [2.05, 4.69) is 55.5 Å². The molecule has 2 aliphatic carbocycles. The predicted molar refractivity (Wildman–Crippen MR) is 85.9 cm³/mol. The Morgan fingerprint density at radius 2 is 1.85 bits per heavy atom. The van der Waals surface area contributed by atoms with Gasteiger partial charge in [-0.1, -0.05) is 59.7 Å². The maximum absolute atomic E-state index is 2.46. The fraction of sp³-hybridized carbons (Fsp3) is 0.300. The van der Waals surface area contributed by atoms with Crippen LogP contribution in [-0.2, 0) is 0 Å². The zero-order valence-electron chi connectivity index (χ0n) is 12.0. The summed E-state index contributed by atoms with van der Waals surface area (Å²) in [5.41, 5.74) is 6.40. The largest absolute Gasteiger partial charge is 0.0690 e. The van der Waals surface area contributed by atoms with E-state index < -0.39 is 0 Å². The van der Waals surface area contributed by atoms with Crippen molar-refractivity contribution in [2.75, 3.05) is 0 Å². The van der Waals surface area contributed by atoms with E-state index in [9.17, 15) is 0 Å². The van der Waals surface area contributed by atoms with Crippen LogP contribution in [0.15, 0.2) is 65.3 Å². The summed E-state index contributed by atoms with van der Waals surface area (Å²) >= 11 is 0. The number of fused-ring (bicyclic) bond motifs is 1. The van der Waals surface area contributed by atoms with Crippen molar-refractivity contribution < 1.29 is 0 Å². The van der Waals surface area contributed by atoms with Gasteiger partial charge in [0.05, 0.1) is 0 Å². The zero-order chi connectivity index (χ0) is 13.5. The lowest BCUT2D eigenvalue weighted by Crippen LogP contribution is -2.08. The fourth-order valence-corrected chi connectivity index (χ4v) is 3.99. The van der Waals surface area contributed by atoms with Crippen LogP contribution in [0.4, 0.5) is 0 Å². The minimum Gasteiger partial charge on any atom is -0.0690 e. The fourth-order valence-electron chi connectivity index (χ4n) is 3.99. The maximum Gasteiger partial charge on any atom is 0.00952 e. The van der Waals surface area contributed by atoms with Crippen molar-refractivity contribution in [1.82, 2.24) is 0 Å². The van der Waals surface area contributed by atoms with Gasteiger partial charge in [-0.3, -0.25) is 0 Å². The van der Waals surface area contributed by atoms with Crippen molar-refractivity contribution >= 4 is 10.8 Å². The van der Waals surface area contributed by atoms with Crippen molar-refractivity contribution in [3.05, 3.63) is 70.8 Å². The van der Waals surface area contributed by atoms with E-state index in [1.165, 1.54) is 42.0 Å². The van der Waals surface area contributed by atoms with E-state index in [0.29, 0.717) is 5.92 Å². The Morgan fingerprint density at radius 1 is 1.00 bits per heavy atom. The highest BCUT2D eigenvalue weighted by Gasteiger charge is 2.27. The summed E-state index contributed by atoms with van der Waals surface area (Å²) in [6.45, 7) is 2.28. The van der Waals surface area contributed by atoms with Gasteiger partial charge in [0.15, 0.2) is 0 Å². The summed E-state index contributed by atoms with van der Waals surface area (Å²) in [7, 11) is 0. The predicted octanol–water partition coefficient (Wildman–Crippen LogP) is 5.75. The minimum absolute atomic E-state index is 0.613. The topological polar surface area (TPSA) is 0 Å². The minimum atomic E-state index is 0.613. The van der Waals surface area contributed by atoms with E-state index in [0.717, 1.165) is 0 Å². The summed E-state index contributed by atoms with van der Waals surface area (Å²) in [6, 6.07) is 15.6. The van der Waals surface area contributed by atoms with E-state index in [1.54, 1.807) is 16.7 Å². The molecule has 0 radical (unpaired) electrons. The molecule has 0 aliphatic heterocycles. The lowest BCUT2D eigenvalue weighted by atomic mass is 9.78. The highest BCUT2D eigenvalue weighted by molar-refractivity contribution is 5.86. The van der Waals surface area contributed by atoms with Crippen molar-refractivity contribution in [3.8, 4) is 0 Å². The van der Waals surface area contributed by atoms with Crippen molar-refractivity contribution in [3.63, 3.8) is 0 Å². The Hall–Kier alpha value is -1.82. The molecule has 4 rings (SSSR count). The highest BCUT2D eigenvalue weighted by Crippen LogP contribution is 2.45. The zero-order valence-corrected chi connectivity index (χ0v) is 12.0. The molecule has 0 saturated carbocycles. The van der Waals surface area contributed by atoms with E-state index in [1.807, 2.05) is 0 Å². The van der Waals surface area contributed by atoms with E-state index >= 15 is 0 Å². The number of rotatable bonds is 1. The number of hydrogen-bond donors (Lipinski definition) is 0. The summed E-state index contributed by atoms with van der Waals surface area (Å²) in [5, 5.41) is 2.81. The Morgan fingerprint density at radius 3 is 2.80 bits per heavy atom. The summed E-state index contributed by atoms with van der Waals surface area (Å²) in [4.78, 5) is 0. The molecule has 0 bridgehead atoms. The second-order valence-corrected chi connectivity index (χ2v) is 6.24. The number of hydrogen-bond acceptors (Lipinski definition) is 0. The Balaban J connectivity index is 1.89. The van der Waals surface area contributed by atoms with Gasteiger partial charge in [-0.25, -0.2) is 0 Å². The van der Waals surface area contributed by atoms with Crippen LogP contribution < -0.4 is 0 Å². The first-order chi connectivity index (χ1) is 9.83. The molecule has 2 aromatic carbocycles. The van der Waals surface area contributed by atoms with Gasteiger partial charge in [-0.05, 0) is 54.5 Å². The molecule has 0 saturated heterocycles. The third-order valence-corrected chi connectivity index (χ3v) is 4.85. The molecule has 1 unspecified atom stereocenters. The summed E-state index contributed by atoms with van der Waals surface area (Å²) in [6.07, 6.45) is 7.63. The molecule has 0 N–H and O–H groups in total. The smallest absolute Gasteiger partial charge is 0.00952 e. The standard InChI is InChI=1S/C20H20/c1-14-12-16-8-5-11-19(20(16)13-14)18-10-4-7-15-6-2-3-9-17(15)18/h2-4,6-7,9-10,13,19H,5,8,11-12H2,1H3. The van der Waals surface area contributed by atoms with Gasteiger partial charge in [0.1, 0.15) is 0 Å². The molecule has 1 atom stereocenters. The van der Waals surface area contributed by atoms with Crippen LogP contribution in [-0.4, -0.2) is 0 Å². The van der Waals surface area contributed by atoms with Crippen molar-refractivity contribution in [1.29, 1.82) is 0 Å². The third kappa shape index (κ3) is 1.83. The number of benzene rings is 2. The second kappa shape index (κ2) is 4.63. The highest BCUT2D eigenvalue weighted by atomic mass is 14.3. The quantitative estimate of drug-likeness (QED) is 0.612. The molecule has 0 nitrogen and oxygen atoms in total. The summed E-state index contributed by atoms with van der Waals surface area (Å²) in [5.74, 6) is 0.613. The SMILES string of the molecule is CC1=CC2=C(CCCC2c2cccc3ccccc23)C1. The Labute approximate surface area is 120 Å². The van der Waals surface area contributed by atoms with E-state index in [4.69, 9.17) is 0 Å².